The van der Waals surface area contributed by atoms with Crippen molar-refractivity contribution in [1.82, 2.24) is 10.1 Å². The average Bonchev–Trinajstić information content (AvgIpc) is 3.29. The minimum absolute atomic E-state index is 0.0351. The molecule has 0 spiro atoms. The number of carbonyl (C=O) groups is 2. The maximum atomic E-state index is 13.1. The molecular weight excluding hydrogens is 456 g/mol. The van der Waals surface area contributed by atoms with Crippen molar-refractivity contribution in [1.29, 1.82) is 0 Å². The van der Waals surface area contributed by atoms with E-state index in [4.69, 9.17) is 9.26 Å². The summed E-state index contributed by atoms with van der Waals surface area (Å²) in [5, 5.41) is 9.40. The number of anilines is 2. The largest absolute Gasteiger partial charge is 0.485 e. The SMILES string of the molecule is Cc1ccc(NC(=O)C(=Cc2ccc(OCc3noc(C)n3)cc2)C(=O)Nc2ccc(C)cc2)cc1. The van der Waals surface area contributed by atoms with Gasteiger partial charge in [-0.1, -0.05) is 52.7 Å². The number of aryl methyl sites for hydroxylation is 3. The molecule has 4 aromatic rings. The molecule has 8 nitrogen and oxygen atoms in total. The van der Waals surface area contributed by atoms with Gasteiger partial charge in [-0.2, -0.15) is 4.98 Å². The zero-order valence-corrected chi connectivity index (χ0v) is 20.2. The number of aromatic nitrogens is 2. The van der Waals surface area contributed by atoms with Gasteiger partial charge in [0.2, 0.25) is 11.7 Å². The smallest absolute Gasteiger partial charge is 0.261 e. The monoisotopic (exact) mass is 482 g/mol. The number of nitrogens with one attached hydrogen (secondary N) is 2. The molecule has 0 atom stereocenters. The lowest BCUT2D eigenvalue weighted by Gasteiger charge is -2.11. The topological polar surface area (TPSA) is 106 Å². The lowest BCUT2D eigenvalue weighted by molar-refractivity contribution is -0.118. The van der Waals surface area contributed by atoms with Gasteiger partial charge in [0, 0.05) is 18.3 Å². The van der Waals surface area contributed by atoms with Crippen LogP contribution in [0.4, 0.5) is 11.4 Å². The third-order valence-electron chi connectivity index (χ3n) is 5.24. The summed E-state index contributed by atoms with van der Waals surface area (Å²) in [5.74, 6) is 0.464. The number of hydrogen-bond acceptors (Lipinski definition) is 6. The fourth-order valence-electron chi connectivity index (χ4n) is 3.28. The molecule has 0 unspecified atom stereocenters. The summed E-state index contributed by atoms with van der Waals surface area (Å²) in [5.41, 5.74) is 3.95. The molecule has 0 saturated carbocycles. The maximum absolute atomic E-state index is 13.1. The molecule has 0 aliphatic heterocycles. The van der Waals surface area contributed by atoms with Crippen molar-refractivity contribution < 1.29 is 18.8 Å². The second-order valence-electron chi connectivity index (χ2n) is 8.29. The van der Waals surface area contributed by atoms with Crippen molar-refractivity contribution in [3.05, 3.63) is 107 Å². The quantitative estimate of drug-likeness (QED) is 0.202. The van der Waals surface area contributed by atoms with Gasteiger partial charge in [-0.3, -0.25) is 9.59 Å². The first kappa shape index (κ1) is 24.4. The van der Waals surface area contributed by atoms with Crippen molar-refractivity contribution >= 4 is 29.3 Å². The van der Waals surface area contributed by atoms with E-state index in [1.807, 2.05) is 38.1 Å². The number of nitrogens with zero attached hydrogens (tertiary/aromatic N) is 2. The van der Waals surface area contributed by atoms with E-state index in [-0.39, 0.29) is 12.2 Å². The summed E-state index contributed by atoms with van der Waals surface area (Å²) in [7, 11) is 0. The third-order valence-corrected chi connectivity index (χ3v) is 5.24. The van der Waals surface area contributed by atoms with Crippen LogP contribution in [0.5, 0.6) is 5.75 Å². The van der Waals surface area contributed by atoms with Gasteiger partial charge in [-0.05, 0) is 61.9 Å². The van der Waals surface area contributed by atoms with Gasteiger partial charge in [-0.15, -0.1) is 0 Å². The zero-order valence-electron chi connectivity index (χ0n) is 20.2. The van der Waals surface area contributed by atoms with Crippen LogP contribution in [0, 0.1) is 20.8 Å². The highest BCUT2D eigenvalue weighted by molar-refractivity contribution is 6.28. The van der Waals surface area contributed by atoms with Crippen LogP contribution >= 0.6 is 0 Å². The lowest BCUT2D eigenvalue weighted by Crippen LogP contribution is -2.25. The van der Waals surface area contributed by atoms with Gasteiger partial charge < -0.3 is 19.9 Å². The normalized spacial score (nSPS) is 10.4. The van der Waals surface area contributed by atoms with Gasteiger partial charge in [0.25, 0.3) is 11.8 Å². The van der Waals surface area contributed by atoms with Gasteiger partial charge in [0.05, 0.1) is 0 Å². The first-order chi connectivity index (χ1) is 17.4. The number of rotatable bonds is 8. The van der Waals surface area contributed by atoms with Gasteiger partial charge in [0.1, 0.15) is 11.3 Å². The summed E-state index contributed by atoms with van der Waals surface area (Å²) in [6.07, 6.45) is 1.54. The van der Waals surface area contributed by atoms with Crippen LogP contribution in [-0.2, 0) is 16.2 Å². The molecule has 2 amide bonds. The predicted octanol–water partition coefficient (Wildman–Crippen LogP) is 5.23. The molecule has 0 saturated heterocycles. The molecule has 36 heavy (non-hydrogen) atoms. The standard InChI is InChI=1S/C28H26N4O4/c1-18-4-10-22(11-5-18)30-27(33)25(28(34)31-23-12-6-19(2)7-13-23)16-21-8-14-24(15-9-21)35-17-26-29-20(3)36-32-26/h4-16H,17H2,1-3H3,(H,30,33)(H,31,34). The Morgan fingerprint density at radius 1 is 0.806 bits per heavy atom. The van der Waals surface area contributed by atoms with Crippen LogP contribution in [0.2, 0.25) is 0 Å². The van der Waals surface area contributed by atoms with Gasteiger partial charge >= 0.3 is 0 Å². The van der Waals surface area contributed by atoms with E-state index in [0.29, 0.717) is 34.4 Å². The molecule has 1 heterocycles. The predicted molar refractivity (Wildman–Crippen MR) is 137 cm³/mol. The minimum Gasteiger partial charge on any atom is -0.485 e. The molecule has 1 aromatic heterocycles. The Kier molecular flexibility index (Phi) is 7.55. The van der Waals surface area contributed by atoms with Crippen LogP contribution in [0.15, 0.2) is 82.9 Å². The van der Waals surface area contributed by atoms with Crippen LogP contribution in [0.3, 0.4) is 0 Å². The number of carbonyl (C=O) groups excluding carboxylic acids is 2. The molecular formula is C28H26N4O4. The summed E-state index contributed by atoms with van der Waals surface area (Å²) < 4.78 is 10.6. The highest BCUT2D eigenvalue weighted by atomic mass is 16.5. The van der Waals surface area contributed by atoms with Crippen LogP contribution < -0.4 is 15.4 Å². The van der Waals surface area contributed by atoms with E-state index in [1.165, 1.54) is 0 Å². The Morgan fingerprint density at radius 2 is 1.33 bits per heavy atom. The Balaban J connectivity index is 1.53. The Bertz CT molecular complexity index is 1310. The molecule has 8 heteroatoms. The summed E-state index contributed by atoms with van der Waals surface area (Å²) >= 11 is 0. The first-order valence-electron chi connectivity index (χ1n) is 11.4. The molecule has 2 N–H and O–H groups in total. The Hall–Kier alpha value is -4.72. The van der Waals surface area contributed by atoms with E-state index in [2.05, 4.69) is 20.8 Å². The van der Waals surface area contributed by atoms with Gasteiger partial charge in [0.15, 0.2) is 6.61 Å². The lowest BCUT2D eigenvalue weighted by atomic mass is 10.1. The van der Waals surface area contributed by atoms with Crippen molar-refractivity contribution in [2.45, 2.75) is 27.4 Å². The molecule has 0 aliphatic rings. The molecule has 0 bridgehead atoms. The van der Waals surface area contributed by atoms with Crippen molar-refractivity contribution in [2.75, 3.05) is 10.6 Å². The van der Waals surface area contributed by atoms with Crippen LogP contribution in [-0.4, -0.2) is 22.0 Å². The number of amides is 2. The van der Waals surface area contributed by atoms with E-state index in [9.17, 15) is 9.59 Å². The molecule has 0 radical (unpaired) electrons. The van der Waals surface area contributed by atoms with Crippen LogP contribution in [0.25, 0.3) is 6.08 Å². The van der Waals surface area contributed by atoms with Crippen molar-refractivity contribution in [2.24, 2.45) is 0 Å². The second kappa shape index (κ2) is 11.1. The number of ether oxygens (including phenoxy) is 1. The molecule has 0 aliphatic carbocycles. The second-order valence-corrected chi connectivity index (χ2v) is 8.29. The summed E-state index contributed by atoms with van der Waals surface area (Å²) in [6.45, 7) is 5.79. The fourth-order valence-corrected chi connectivity index (χ4v) is 3.28. The molecule has 182 valence electrons. The highest BCUT2D eigenvalue weighted by Gasteiger charge is 2.19. The zero-order chi connectivity index (χ0) is 25.5. The van der Waals surface area contributed by atoms with Crippen molar-refractivity contribution in [3.63, 3.8) is 0 Å². The first-order valence-corrected chi connectivity index (χ1v) is 11.4. The number of hydrogen-bond donors (Lipinski definition) is 2. The summed E-state index contributed by atoms with van der Waals surface area (Å²) in [6, 6.07) is 21.7. The number of benzene rings is 3. The minimum atomic E-state index is -0.517. The summed E-state index contributed by atoms with van der Waals surface area (Å²) in [4.78, 5) is 30.4. The molecule has 4 rings (SSSR count). The Labute approximate surface area is 209 Å². The molecule has 3 aromatic carbocycles. The molecule has 0 fully saturated rings. The van der Waals surface area contributed by atoms with Crippen molar-refractivity contribution in [3.8, 4) is 5.75 Å². The van der Waals surface area contributed by atoms with Gasteiger partial charge in [-0.25, -0.2) is 0 Å². The average molecular weight is 483 g/mol. The van der Waals surface area contributed by atoms with E-state index >= 15 is 0 Å². The maximum Gasteiger partial charge on any atom is 0.261 e. The van der Waals surface area contributed by atoms with E-state index in [0.717, 1.165) is 11.1 Å². The Morgan fingerprint density at radius 3 is 1.81 bits per heavy atom. The fraction of sp³-hybridized carbons (Fsp3) is 0.143. The van der Waals surface area contributed by atoms with Crippen LogP contribution in [0.1, 0.15) is 28.4 Å². The highest BCUT2D eigenvalue weighted by Crippen LogP contribution is 2.19. The van der Waals surface area contributed by atoms with E-state index < -0.39 is 11.8 Å². The third kappa shape index (κ3) is 6.66. The van der Waals surface area contributed by atoms with E-state index in [1.54, 1.807) is 61.5 Å².